The highest BCUT2D eigenvalue weighted by molar-refractivity contribution is 5.89. The summed E-state index contributed by atoms with van der Waals surface area (Å²) in [7, 11) is 1.62. The molecule has 0 atom stereocenters. The number of carbonyl (C=O) groups is 1. The lowest BCUT2D eigenvalue weighted by Crippen LogP contribution is -2.34. The molecule has 0 aliphatic carbocycles. The van der Waals surface area contributed by atoms with Gasteiger partial charge in [0.1, 0.15) is 11.6 Å². The summed E-state index contributed by atoms with van der Waals surface area (Å²) in [5, 5.41) is 8.64. The van der Waals surface area contributed by atoms with Gasteiger partial charge in [0, 0.05) is 6.04 Å². The molecule has 0 saturated heterocycles. The third kappa shape index (κ3) is 4.37. The molecule has 0 spiro atoms. The Morgan fingerprint density at radius 2 is 1.95 bits per heavy atom. The largest absolute Gasteiger partial charge is 0.495 e. The number of hydrogen-bond donors (Lipinski definition) is 3. The van der Waals surface area contributed by atoms with E-state index in [1.165, 1.54) is 0 Å². The van der Waals surface area contributed by atoms with E-state index in [2.05, 4.69) is 20.9 Å². The Bertz CT molecular complexity index is 626. The minimum atomic E-state index is -0.248. The van der Waals surface area contributed by atoms with Crippen LogP contribution in [-0.2, 0) is 0 Å². The number of carbonyl (C=O) groups excluding carboxylic acids is 1. The second kappa shape index (κ2) is 7.31. The quantitative estimate of drug-likeness (QED) is 0.791. The van der Waals surface area contributed by atoms with Crippen molar-refractivity contribution in [1.82, 2.24) is 10.3 Å². The van der Waals surface area contributed by atoms with Gasteiger partial charge in [0.25, 0.3) is 0 Å². The molecule has 0 fully saturated rings. The summed E-state index contributed by atoms with van der Waals surface area (Å²) in [6.45, 7) is 3.80. The van der Waals surface area contributed by atoms with E-state index in [1.807, 2.05) is 38.1 Å². The predicted molar refractivity (Wildman–Crippen MR) is 87.8 cm³/mol. The van der Waals surface area contributed by atoms with Crippen molar-refractivity contribution in [2.75, 3.05) is 17.7 Å². The highest BCUT2D eigenvalue weighted by atomic mass is 16.5. The Labute approximate surface area is 129 Å². The molecule has 0 radical (unpaired) electrons. The van der Waals surface area contributed by atoms with E-state index in [-0.39, 0.29) is 12.1 Å². The van der Waals surface area contributed by atoms with Crippen LogP contribution >= 0.6 is 0 Å². The number of urea groups is 1. The first-order valence-electron chi connectivity index (χ1n) is 7.02. The standard InChI is InChI=1S/C16H20N4O2/c1-11(2)18-16(21)19-12-8-9-15(17-10-12)20-13-6-4-5-7-14(13)22-3/h4-11H,1-3H3,(H,17,20)(H2,18,19,21). The van der Waals surface area contributed by atoms with Crippen LogP contribution in [0.25, 0.3) is 0 Å². The number of hydrogen-bond acceptors (Lipinski definition) is 4. The lowest BCUT2D eigenvalue weighted by atomic mass is 10.3. The van der Waals surface area contributed by atoms with Crippen LogP contribution in [0.15, 0.2) is 42.6 Å². The van der Waals surface area contributed by atoms with Crippen LogP contribution in [0.1, 0.15) is 13.8 Å². The van der Waals surface area contributed by atoms with Crippen molar-refractivity contribution in [2.24, 2.45) is 0 Å². The molecular weight excluding hydrogens is 280 g/mol. The molecule has 2 rings (SSSR count). The number of nitrogens with one attached hydrogen (secondary N) is 3. The van der Waals surface area contributed by atoms with Crippen LogP contribution in [0.5, 0.6) is 5.75 Å². The van der Waals surface area contributed by atoms with Crippen LogP contribution in [0.2, 0.25) is 0 Å². The summed E-state index contributed by atoms with van der Waals surface area (Å²) in [6, 6.07) is 11.0. The summed E-state index contributed by atoms with van der Waals surface area (Å²) < 4.78 is 5.28. The molecule has 0 aliphatic heterocycles. The number of pyridine rings is 1. The first kappa shape index (κ1) is 15.6. The number of amides is 2. The highest BCUT2D eigenvalue weighted by Gasteiger charge is 2.05. The number of ether oxygens (including phenoxy) is 1. The zero-order valence-corrected chi connectivity index (χ0v) is 12.9. The zero-order valence-electron chi connectivity index (χ0n) is 12.9. The fraction of sp³-hybridized carbons (Fsp3) is 0.250. The number of para-hydroxylation sites is 2. The molecule has 2 aromatic rings. The predicted octanol–water partition coefficient (Wildman–Crippen LogP) is 3.36. The monoisotopic (exact) mass is 300 g/mol. The van der Waals surface area contributed by atoms with Crippen molar-refractivity contribution in [1.29, 1.82) is 0 Å². The van der Waals surface area contributed by atoms with E-state index in [4.69, 9.17) is 4.74 Å². The molecule has 0 bridgehead atoms. The van der Waals surface area contributed by atoms with Crippen molar-refractivity contribution >= 4 is 23.2 Å². The van der Waals surface area contributed by atoms with Crippen molar-refractivity contribution in [3.8, 4) is 5.75 Å². The van der Waals surface area contributed by atoms with Crippen LogP contribution in [0, 0.1) is 0 Å². The second-order valence-electron chi connectivity index (χ2n) is 5.01. The van der Waals surface area contributed by atoms with Crippen LogP contribution < -0.4 is 20.7 Å². The van der Waals surface area contributed by atoms with E-state index in [0.29, 0.717) is 11.5 Å². The van der Waals surface area contributed by atoms with Gasteiger partial charge in [0.05, 0.1) is 24.7 Å². The maximum atomic E-state index is 11.6. The van der Waals surface area contributed by atoms with Crippen molar-refractivity contribution in [3.05, 3.63) is 42.6 Å². The molecular formula is C16H20N4O2. The normalized spacial score (nSPS) is 10.2. The van der Waals surface area contributed by atoms with Gasteiger partial charge in [0.2, 0.25) is 0 Å². The molecule has 116 valence electrons. The first-order chi connectivity index (χ1) is 10.6. The Hall–Kier alpha value is -2.76. The van der Waals surface area contributed by atoms with Gasteiger partial charge in [-0.25, -0.2) is 9.78 Å². The molecule has 0 saturated carbocycles. The van der Waals surface area contributed by atoms with Crippen molar-refractivity contribution in [2.45, 2.75) is 19.9 Å². The highest BCUT2D eigenvalue weighted by Crippen LogP contribution is 2.26. The van der Waals surface area contributed by atoms with E-state index in [0.717, 1.165) is 11.4 Å². The van der Waals surface area contributed by atoms with E-state index >= 15 is 0 Å². The summed E-state index contributed by atoms with van der Waals surface area (Å²) in [5.74, 6) is 1.40. The summed E-state index contributed by atoms with van der Waals surface area (Å²) >= 11 is 0. The fourth-order valence-corrected chi connectivity index (χ4v) is 1.86. The summed E-state index contributed by atoms with van der Waals surface area (Å²) in [5.41, 5.74) is 1.46. The first-order valence-corrected chi connectivity index (χ1v) is 7.02. The SMILES string of the molecule is COc1ccccc1Nc1ccc(NC(=O)NC(C)C)cn1. The molecule has 1 aromatic heterocycles. The minimum absolute atomic E-state index is 0.0828. The number of rotatable bonds is 5. The van der Waals surface area contributed by atoms with Gasteiger partial charge in [-0.3, -0.25) is 0 Å². The molecule has 22 heavy (non-hydrogen) atoms. The molecule has 6 nitrogen and oxygen atoms in total. The summed E-state index contributed by atoms with van der Waals surface area (Å²) in [6.07, 6.45) is 1.59. The topological polar surface area (TPSA) is 75.3 Å². The van der Waals surface area contributed by atoms with Gasteiger partial charge < -0.3 is 20.7 Å². The average molecular weight is 300 g/mol. The molecule has 0 unspecified atom stereocenters. The van der Waals surface area contributed by atoms with Gasteiger partial charge >= 0.3 is 6.03 Å². The fourth-order valence-electron chi connectivity index (χ4n) is 1.86. The van der Waals surface area contributed by atoms with Crippen LogP contribution in [-0.4, -0.2) is 24.2 Å². The maximum absolute atomic E-state index is 11.6. The van der Waals surface area contributed by atoms with Crippen molar-refractivity contribution < 1.29 is 9.53 Å². The van der Waals surface area contributed by atoms with Gasteiger partial charge in [-0.15, -0.1) is 0 Å². The lowest BCUT2D eigenvalue weighted by Gasteiger charge is -2.12. The van der Waals surface area contributed by atoms with Gasteiger partial charge in [0.15, 0.2) is 0 Å². The van der Waals surface area contributed by atoms with E-state index in [9.17, 15) is 4.79 Å². The molecule has 3 N–H and O–H groups in total. The molecule has 6 heteroatoms. The molecule has 1 aromatic carbocycles. The Morgan fingerprint density at radius 3 is 2.59 bits per heavy atom. The number of nitrogens with zero attached hydrogens (tertiary/aromatic N) is 1. The Balaban J connectivity index is 2.01. The van der Waals surface area contributed by atoms with Crippen molar-refractivity contribution in [3.63, 3.8) is 0 Å². The second-order valence-corrected chi connectivity index (χ2v) is 5.01. The molecule has 1 heterocycles. The third-order valence-corrected chi connectivity index (χ3v) is 2.81. The zero-order chi connectivity index (χ0) is 15.9. The number of aromatic nitrogens is 1. The smallest absolute Gasteiger partial charge is 0.319 e. The van der Waals surface area contributed by atoms with E-state index < -0.39 is 0 Å². The van der Waals surface area contributed by atoms with Crippen LogP contribution in [0.3, 0.4) is 0 Å². The van der Waals surface area contributed by atoms with Gasteiger partial charge in [-0.1, -0.05) is 12.1 Å². The average Bonchev–Trinajstić information content (AvgIpc) is 2.49. The number of methoxy groups -OCH3 is 1. The third-order valence-electron chi connectivity index (χ3n) is 2.81. The summed E-state index contributed by atoms with van der Waals surface area (Å²) in [4.78, 5) is 15.9. The molecule has 2 amide bonds. The molecule has 0 aliphatic rings. The van der Waals surface area contributed by atoms with Crippen LogP contribution in [0.4, 0.5) is 22.0 Å². The Morgan fingerprint density at radius 1 is 1.18 bits per heavy atom. The number of benzene rings is 1. The Kier molecular flexibility index (Phi) is 5.19. The van der Waals surface area contributed by atoms with E-state index in [1.54, 1.807) is 25.4 Å². The maximum Gasteiger partial charge on any atom is 0.319 e. The number of anilines is 3. The van der Waals surface area contributed by atoms with Gasteiger partial charge in [-0.05, 0) is 38.1 Å². The lowest BCUT2D eigenvalue weighted by molar-refractivity contribution is 0.250. The van der Waals surface area contributed by atoms with Gasteiger partial charge in [-0.2, -0.15) is 0 Å². The minimum Gasteiger partial charge on any atom is -0.495 e.